The molecule has 0 bridgehead atoms. The minimum absolute atomic E-state index is 0.0295. The Balaban J connectivity index is 2.22. The Morgan fingerprint density at radius 1 is 1.43 bits per heavy atom. The summed E-state index contributed by atoms with van der Waals surface area (Å²) in [6.45, 7) is -1.23. The average molecular weight is 432 g/mol. The first-order valence-electron chi connectivity index (χ1n) is 7.60. The van der Waals surface area contributed by atoms with E-state index < -0.39 is 28.9 Å². The van der Waals surface area contributed by atoms with Gasteiger partial charge >= 0.3 is 6.61 Å². The first-order chi connectivity index (χ1) is 13.3. The molecular formula is C15H14F2N4O5S2. The van der Waals surface area contributed by atoms with Gasteiger partial charge in [0.1, 0.15) is 0 Å². The number of alkyl halides is 2. The van der Waals surface area contributed by atoms with Crippen LogP contribution in [-0.2, 0) is 4.79 Å². The lowest BCUT2D eigenvalue weighted by Crippen LogP contribution is -2.07. The van der Waals surface area contributed by atoms with E-state index >= 15 is 0 Å². The van der Waals surface area contributed by atoms with E-state index in [1.807, 2.05) is 6.92 Å². The number of anilines is 1. The van der Waals surface area contributed by atoms with Crippen LogP contribution in [0.2, 0.25) is 0 Å². The van der Waals surface area contributed by atoms with Crippen LogP contribution in [0, 0.1) is 10.1 Å². The minimum atomic E-state index is -3.18. The Morgan fingerprint density at radius 3 is 2.79 bits per heavy atom. The van der Waals surface area contributed by atoms with Gasteiger partial charge in [0.2, 0.25) is 11.0 Å². The van der Waals surface area contributed by atoms with Gasteiger partial charge in [0.25, 0.3) is 5.69 Å². The van der Waals surface area contributed by atoms with Crippen LogP contribution in [0.3, 0.4) is 0 Å². The normalized spacial score (nSPS) is 11.0. The van der Waals surface area contributed by atoms with Gasteiger partial charge in [-0.3, -0.25) is 20.2 Å². The van der Waals surface area contributed by atoms with Crippen molar-refractivity contribution in [2.75, 3.05) is 18.2 Å². The van der Waals surface area contributed by atoms with Crippen LogP contribution in [0.15, 0.2) is 22.5 Å². The van der Waals surface area contributed by atoms with E-state index in [1.54, 1.807) is 0 Å². The number of amides is 1. The maximum atomic E-state index is 12.5. The summed E-state index contributed by atoms with van der Waals surface area (Å²) in [5, 5.41) is 21.7. The number of thioether (sulfide) groups is 1. The number of rotatable bonds is 9. The van der Waals surface area contributed by atoms with Crippen LogP contribution >= 0.6 is 23.1 Å². The van der Waals surface area contributed by atoms with Crippen molar-refractivity contribution in [1.82, 2.24) is 10.2 Å². The van der Waals surface area contributed by atoms with Crippen molar-refractivity contribution in [2.24, 2.45) is 0 Å². The Kier molecular flexibility index (Phi) is 7.63. The molecule has 9 nitrogen and oxygen atoms in total. The Hall–Kier alpha value is -2.80. The Labute approximate surface area is 165 Å². The molecule has 0 spiro atoms. The van der Waals surface area contributed by atoms with E-state index in [9.17, 15) is 23.7 Å². The highest BCUT2D eigenvalue weighted by atomic mass is 32.2. The van der Waals surface area contributed by atoms with E-state index in [0.717, 1.165) is 30.0 Å². The second-order valence-electron chi connectivity index (χ2n) is 4.83. The number of nitro benzene ring substituents is 1. The summed E-state index contributed by atoms with van der Waals surface area (Å²) < 4.78 is 34.7. The van der Waals surface area contributed by atoms with E-state index in [4.69, 9.17) is 4.74 Å². The lowest BCUT2D eigenvalue weighted by Gasteiger charge is -2.10. The molecule has 13 heteroatoms. The van der Waals surface area contributed by atoms with Crippen molar-refractivity contribution in [3.05, 3.63) is 33.9 Å². The largest absolute Gasteiger partial charge is 0.493 e. The lowest BCUT2D eigenvalue weighted by molar-refractivity contribution is -0.385. The lowest BCUT2D eigenvalue weighted by atomic mass is 10.1. The van der Waals surface area contributed by atoms with Gasteiger partial charge < -0.3 is 9.47 Å². The third kappa shape index (κ3) is 5.85. The topological polar surface area (TPSA) is 116 Å². The van der Waals surface area contributed by atoms with Gasteiger partial charge in [-0.25, -0.2) is 0 Å². The second kappa shape index (κ2) is 9.94. The molecule has 1 amide bonds. The molecule has 0 saturated heterocycles. The first kappa shape index (κ1) is 21.5. The number of hydrogen-bond donors (Lipinski definition) is 1. The summed E-state index contributed by atoms with van der Waals surface area (Å²) in [6, 6.07) is 1.93. The maximum absolute atomic E-state index is 12.5. The quantitative estimate of drug-likeness (QED) is 0.209. The predicted octanol–water partition coefficient (Wildman–Crippen LogP) is 3.82. The van der Waals surface area contributed by atoms with E-state index in [1.165, 1.54) is 30.2 Å². The molecule has 0 unspecified atom stereocenters. The number of ether oxygens (including phenoxy) is 2. The molecule has 1 aromatic carbocycles. The molecule has 0 aliphatic carbocycles. The minimum Gasteiger partial charge on any atom is -0.493 e. The maximum Gasteiger partial charge on any atom is 0.387 e. The predicted molar refractivity (Wildman–Crippen MR) is 100 cm³/mol. The van der Waals surface area contributed by atoms with E-state index in [0.29, 0.717) is 4.34 Å². The molecule has 0 radical (unpaired) electrons. The fourth-order valence-electron chi connectivity index (χ4n) is 1.96. The summed E-state index contributed by atoms with van der Waals surface area (Å²) >= 11 is 2.66. The van der Waals surface area contributed by atoms with Crippen molar-refractivity contribution in [1.29, 1.82) is 0 Å². The summed E-state index contributed by atoms with van der Waals surface area (Å²) in [5.74, 6) is -0.415. The van der Waals surface area contributed by atoms with Crippen molar-refractivity contribution in [3.8, 4) is 11.5 Å². The van der Waals surface area contributed by atoms with Gasteiger partial charge in [-0.15, -0.1) is 10.2 Å². The van der Waals surface area contributed by atoms with Crippen LogP contribution in [0.5, 0.6) is 11.5 Å². The van der Waals surface area contributed by atoms with Crippen LogP contribution in [0.4, 0.5) is 19.6 Å². The zero-order valence-electron chi connectivity index (χ0n) is 14.5. The third-order valence-corrected chi connectivity index (χ3v) is 4.90. The number of nitrogens with zero attached hydrogens (tertiary/aromatic N) is 3. The second-order valence-corrected chi connectivity index (χ2v) is 7.31. The Morgan fingerprint density at radius 2 is 2.18 bits per heavy atom. The SMILES string of the molecule is CCSc1nnc(NC(=O)/C=C/c2cc(OC)c(OC(F)F)cc2[N+](=O)[O-])s1. The van der Waals surface area contributed by atoms with Crippen molar-refractivity contribution in [3.63, 3.8) is 0 Å². The fraction of sp³-hybridized carbons (Fsp3) is 0.267. The third-order valence-electron chi connectivity index (χ3n) is 3.04. The number of carbonyl (C=O) groups excluding carboxylic acids is 1. The van der Waals surface area contributed by atoms with Gasteiger partial charge in [0, 0.05) is 6.08 Å². The molecule has 0 aliphatic heterocycles. The molecule has 0 fully saturated rings. The van der Waals surface area contributed by atoms with E-state index in [2.05, 4.69) is 20.3 Å². The van der Waals surface area contributed by atoms with E-state index in [-0.39, 0.29) is 16.4 Å². The van der Waals surface area contributed by atoms with Crippen molar-refractivity contribution >= 4 is 45.9 Å². The summed E-state index contributed by atoms with van der Waals surface area (Å²) in [6.07, 6.45) is 2.20. The Bertz CT molecular complexity index is 891. The molecule has 1 N–H and O–H groups in total. The van der Waals surface area contributed by atoms with Gasteiger partial charge in [0.15, 0.2) is 15.8 Å². The van der Waals surface area contributed by atoms with Crippen molar-refractivity contribution in [2.45, 2.75) is 17.9 Å². The summed E-state index contributed by atoms with van der Waals surface area (Å²) in [4.78, 5) is 22.5. The number of benzene rings is 1. The molecule has 2 rings (SSSR count). The highest BCUT2D eigenvalue weighted by Crippen LogP contribution is 2.36. The van der Waals surface area contributed by atoms with Crippen LogP contribution in [-0.4, -0.2) is 40.5 Å². The molecule has 0 aliphatic rings. The van der Waals surface area contributed by atoms with Gasteiger partial charge in [0.05, 0.1) is 23.7 Å². The van der Waals surface area contributed by atoms with Crippen LogP contribution in [0.25, 0.3) is 6.08 Å². The number of nitrogens with one attached hydrogen (secondary N) is 1. The molecule has 1 aromatic heterocycles. The number of methoxy groups -OCH3 is 1. The van der Waals surface area contributed by atoms with Crippen LogP contribution < -0.4 is 14.8 Å². The molecule has 2 aromatic rings. The van der Waals surface area contributed by atoms with Crippen LogP contribution in [0.1, 0.15) is 12.5 Å². The average Bonchev–Trinajstić information content (AvgIpc) is 3.06. The fourth-order valence-corrected chi connectivity index (χ4v) is 3.61. The summed E-state index contributed by atoms with van der Waals surface area (Å²) in [7, 11) is 1.20. The van der Waals surface area contributed by atoms with Gasteiger partial charge in [-0.1, -0.05) is 30.0 Å². The highest BCUT2D eigenvalue weighted by Gasteiger charge is 2.20. The molecule has 28 heavy (non-hydrogen) atoms. The molecule has 150 valence electrons. The zero-order valence-corrected chi connectivity index (χ0v) is 16.2. The summed E-state index contributed by atoms with van der Waals surface area (Å²) in [5.41, 5.74) is -0.559. The number of halogens is 2. The number of hydrogen-bond acceptors (Lipinski definition) is 9. The molecule has 1 heterocycles. The first-order valence-corrected chi connectivity index (χ1v) is 9.40. The standard InChI is InChI=1S/C15H14F2N4O5S2/c1-3-27-15-20-19-14(28-15)18-12(22)5-4-8-6-10(25-2)11(26-13(16)17)7-9(8)21(23)24/h4-7,13H,3H2,1-2H3,(H,18,19,22)/b5-4+. The van der Waals surface area contributed by atoms with Gasteiger partial charge in [-0.05, 0) is 17.9 Å². The number of carbonyl (C=O) groups is 1. The smallest absolute Gasteiger partial charge is 0.387 e. The monoisotopic (exact) mass is 432 g/mol. The zero-order chi connectivity index (χ0) is 20.7. The number of nitro groups is 1. The molecule has 0 saturated carbocycles. The molecule has 0 atom stereocenters. The van der Waals surface area contributed by atoms with Gasteiger partial charge in [-0.2, -0.15) is 8.78 Å². The van der Waals surface area contributed by atoms with Crippen molar-refractivity contribution < 1.29 is 28.0 Å². The molecular weight excluding hydrogens is 418 g/mol. The number of aromatic nitrogens is 2. The highest BCUT2D eigenvalue weighted by molar-refractivity contribution is 8.01.